The summed E-state index contributed by atoms with van der Waals surface area (Å²) < 4.78 is 5.79. The van der Waals surface area contributed by atoms with E-state index in [2.05, 4.69) is 37.6 Å². The maximum absolute atomic E-state index is 5.79. The van der Waals surface area contributed by atoms with Crippen LogP contribution in [0.4, 0.5) is 0 Å². The molecular weight excluding hydrogens is 212 g/mol. The van der Waals surface area contributed by atoms with Crippen LogP contribution >= 0.6 is 0 Å². The summed E-state index contributed by atoms with van der Waals surface area (Å²) in [4.78, 5) is 4.89. The zero-order valence-electron chi connectivity index (χ0n) is 12.1. The molecule has 1 heterocycles. The minimum absolute atomic E-state index is 0.583. The van der Waals surface area contributed by atoms with Gasteiger partial charge in [0.25, 0.3) is 0 Å². The Labute approximate surface area is 107 Å². The third-order valence-electron chi connectivity index (χ3n) is 3.84. The molecule has 0 saturated carbocycles. The number of likely N-dealkylation sites (N-methyl/N-ethyl adjacent to an activating group) is 1. The molecule has 1 saturated heterocycles. The second-order valence-corrected chi connectivity index (χ2v) is 5.59. The van der Waals surface area contributed by atoms with E-state index in [4.69, 9.17) is 4.74 Å². The fraction of sp³-hybridized carbons (Fsp3) is 1.00. The lowest BCUT2D eigenvalue weighted by Crippen LogP contribution is -2.40. The number of hydrogen-bond donors (Lipinski definition) is 0. The van der Waals surface area contributed by atoms with Crippen LogP contribution in [0.25, 0.3) is 0 Å². The van der Waals surface area contributed by atoms with Crippen LogP contribution in [0.1, 0.15) is 40.0 Å². The topological polar surface area (TPSA) is 15.7 Å². The monoisotopic (exact) mass is 242 g/mol. The van der Waals surface area contributed by atoms with Crippen molar-refractivity contribution in [3.63, 3.8) is 0 Å². The predicted molar refractivity (Wildman–Crippen MR) is 73.5 cm³/mol. The van der Waals surface area contributed by atoms with E-state index >= 15 is 0 Å². The van der Waals surface area contributed by atoms with Crippen LogP contribution in [0.3, 0.4) is 0 Å². The SMILES string of the molecule is CC(C)N(C)CCOCC(C)N1CCCCC1. The van der Waals surface area contributed by atoms with Crippen LogP contribution < -0.4 is 0 Å². The molecule has 1 aliphatic rings. The van der Waals surface area contributed by atoms with E-state index in [9.17, 15) is 0 Å². The van der Waals surface area contributed by atoms with Gasteiger partial charge in [0.2, 0.25) is 0 Å². The molecule has 1 atom stereocenters. The molecule has 1 aliphatic heterocycles. The molecule has 0 spiro atoms. The molecule has 0 radical (unpaired) electrons. The Morgan fingerprint density at radius 2 is 1.76 bits per heavy atom. The van der Waals surface area contributed by atoms with Gasteiger partial charge in [0.05, 0.1) is 13.2 Å². The molecule has 17 heavy (non-hydrogen) atoms. The molecule has 0 amide bonds. The summed E-state index contributed by atoms with van der Waals surface area (Å²) >= 11 is 0. The second-order valence-electron chi connectivity index (χ2n) is 5.59. The van der Waals surface area contributed by atoms with Crippen LogP contribution in [0, 0.1) is 0 Å². The van der Waals surface area contributed by atoms with Gasteiger partial charge in [-0.1, -0.05) is 6.42 Å². The minimum Gasteiger partial charge on any atom is -0.379 e. The smallest absolute Gasteiger partial charge is 0.0619 e. The Balaban J connectivity index is 2.05. The van der Waals surface area contributed by atoms with Gasteiger partial charge in [-0.25, -0.2) is 0 Å². The molecule has 0 aromatic rings. The van der Waals surface area contributed by atoms with Gasteiger partial charge >= 0.3 is 0 Å². The zero-order valence-corrected chi connectivity index (χ0v) is 12.1. The highest BCUT2D eigenvalue weighted by atomic mass is 16.5. The molecule has 3 heteroatoms. The van der Waals surface area contributed by atoms with Gasteiger partial charge in [-0.2, -0.15) is 0 Å². The van der Waals surface area contributed by atoms with Crippen LogP contribution in [-0.2, 0) is 4.74 Å². The summed E-state index contributed by atoms with van der Waals surface area (Å²) in [6, 6.07) is 1.19. The van der Waals surface area contributed by atoms with Gasteiger partial charge in [-0.05, 0) is 53.8 Å². The third kappa shape index (κ3) is 5.84. The number of piperidine rings is 1. The average molecular weight is 242 g/mol. The fourth-order valence-electron chi connectivity index (χ4n) is 2.19. The summed E-state index contributed by atoms with van der Waals surface area (Å²) in [7, 11) is 2.15. The van der Waals surface area contributed by atoms with Crippen LogP contribution in [0.15, 0.2) is 0 Å². The third-order valence-corrected chi connectivity index (χ3v) is 3.84. The summed E-state index contributed by atoms with van der Waals surface area (Å²) in [6.07, 6.45) is 4.13. The van der Waals surface area contributed by atoms with Crippen molar-refractivity contribution >= 4 is 0 Å². The van der Waals surface area contributed by atoms with E-state index in [0.717, 1.165) is 19.8 Å². The second kappa shape index (κ2) is 8.06. The van der Waals surface area contributed by atoms with Gasteiger partial charge in [0.1, 0.15) is 0 Å². The van der Waals surface area contributed by atoms with Crippen molar-refractivity contribution in [2.75, 3.05) is 39.9 Å². The Bertz CT molecular complexity index is 191. The predicted octanol–water partition coefficient (Wildman–Crippen LogP) is 2.22. The highest BCUT2D eigenvalue weighted by Gasteiger charge is 2.16. The van der Waals surface area contributed by atoms with Gasteiger partial charge in [-0.15, -0.1) is 0 Å². The number of rotatable bonds is 7. The fourth-order valence-corrected chi connectivity index (χ4v) is 2.19. The average Bonchev–Trinajstić information content (AvgIpc) is 2.35. The molecule has 0 aromatic carbocycles. The molecule has 102 valence electrons. The molecule has 1 fully saturated rings. The van der Waals surface area contributed by atoms with Crippen LogP contribution in [0.2, 0.25) is 0 Å². The number of hydrogen-bond acceptors (Lipinski definition) is 3. The van der Waals surface area contributed by atoms with Gasteiger partial charge in [0.15, 0.2) is 0 Å². The lowest BCUT2D eigenvalue weighted by Gasteiger charge is -2.32. The van der Waals surface area contributed by atoms with E-state index in [-0.39, 0.29) is 0 Å². The Morgan fingerprint density at radius 3 is 2.35 bits per heavy atom. The lowest BCUT2D eigenvalue weighted by atomic mass is 10.1. The van der Waals surface area contributed by atoms with Crippen molar-refractivity contribution in [1.29, 1.82) is 0 Å². The van der Waals surface area contributed by atoms with Crippen molar-refractivity contribution in [1.82, 2.24) is 9.80 Å². The van der Waals surface area contributed by atoms with Crippen molar-refractivity contribution in [3.8, 4) is 0 Å². The summed E-state index contributed by atoms with van der Waals surface area (Å²) in [5, 5.41) is 0. The van der Waals surface area contributed by atoms with Gasteiger partial charge < -0.3 is 9.64 Å². The standard InChI is InChI=1S/C14H30N2O/c1-13(2)15(4)10-11-17-12-14(3)16-8-6-5-7-9-16/h13-14H,5-12H2,1-4H3. The number of ether oxygens (including phenoxy) is 1. The number of nitrogens with zero attached hydrogens (tertiary/aromatic N) is 2. The summed E-state index contributed by atoms with van der Waals surface area (Å²) in [6.45, 7) is 12.0. The Hall–Kier alpha value is -0.120. The lowest BCUT2D eigenvalue weighted by molar-refractivity contribution is 0.0460. The van der Waals surface area contributed by atoms with Crippen molar-refractivity contribution in [3.05, 3.63) is 0 Å². The van der Waals surface area contributed by atoms with E-state index in [1.165, 1.54) is 32.4 Å². The van der Waals surface area contributed by atoms with Gasteiger partial charge in [-0.3, -0.25) is 4.90 Å². The first kappa shape index (κ1) is 14.9. The molecule has 1 rings (SSSR count). The normalized spacial score (nSPS) is 20.1. The Kier molecular flexibility index (Phi) is 7.09. The largest absolute Gasteiger partial charge is 0.379 e. The summed E-state index contributed by atoms with van der Waals surface area (Å²) in [5.41, 5.74) is 0. The van der Waals surface area contributed by atoms with Crippen LogP contribution in [0.5, 0.6) is 0 Å². The molecule has 0 aliphatic carbocycles. The zero-order chi connectivity index (χ0) is 12.7. The van der Waals surface area contributed by atoms with Crippen molar-refractivity contribution < 1.29 is 4.74 Å². The quantitative estimate of drug-likeness (QED) is 0.637. The summed E-state index contributed by atoms with van der Waals surface area (Å²) in [5.74, 6) is 0. The molecule has 0 bridgehead atoms. The maximum atomic E-state index is 5.79. The first-order valence-corrected chi connectivity index (χ1v) is 7.13. The molecule has 0 aromatic heterocycles. The van der Waals surface area contributed by atoms with E-state index in [1.54, 1.807) is 0 Å². The van der Waals surface area contributed by atoms with Gasteiger partial charge in [0, 0.05) is 18.6 Å². The van der Waals surface area contributed by atoms with Crippen molar-refractivity contribution in [2.45, 2.75) is 52.1 Å². The minimum atomic E-state index is 0.583. The number of likely N-dealkylation sites (tertiary alicyclic amines) is 1. The maximum Gasteiger partial charge on any atom is 0.0619 e. The van der Waals surface area contributed by atoms with Crippen LogP contribution in [-0.4, -0.2) is 61.8 Å². The first-order valence-electron chi connectivity index (χ1n) is 7.13. The highest BCUT2D eigenvalue weighted by Crippen LogP contribution is 2.12. The molecule has 1 unspecified atom stereocenters. The molecular formula is C14H30N2O. The van der Waals surface area contributed by atoms with E-state index < -0.39 is 0 Å². The molecule has 3 nitrogen and oxygen atoms in total. The highest BCUT2D eigenvalue weighted by molar-refractivity contribution is 4.71. The first-order chi connectivity index (χ1) is 8.11. The van der Waals surface area contributed by atoms with Crippen molar-refractivity contribution in [2.24, 2.45) is 0 Å². The Morgan fingerprint density at radius 1 is 1.12 bits per heavy atom. The molecule has 0 N–H and O–H groups in total. The van der Waals surface area contributed by atoms with E-state index in [0.29, 0.717) is 12.1 Å². The van der Waals surface area contributed by atoms with E-state index in [1.807, 2.05) is 0 Å².